The minimum atomic E-state index is -1.39. The second kappa shape index (κ2) is 4.93. The molecule has 0 aliphatic carbocycles. The summed E-state index contributed by atoms with van der Waals surface area (Å²) in [6.45, 7) is 0. The van der Waals surface area contributed by atoms with Crippen molar-refractivity contribution in [1.29, 1.82) is 0 Å². The van der Waals surface area contributed by atoms with Crippen molar-refractivity contribution in [3.63, 3.8) is 0 Å². The molecule has 0 unspecified atom stereocenters. The largest absolute Gasteiger partial charge is 0.139 e. The van der Waals surface area contributed by atoms with Crippen LogP contribution in [0.25, 0.3) is 22.3 Å². The SMILES string of the molecule is Bc1ccc2c(c1)S1(c3ccccc3-c3ccccc31)c1ccccc1-2. The molecule has 6 rings (SSSR count). The van der Waals surface area contributed by atoms with E-state index >= 15 is 0 Å². The van der Waals surface area contributed by atoms with Crippen molar-refractivity contribution in [3.05, 3.63) is 91.0 Å². The molecule has 2 heteroatoms. The van der Waals surface area contributed by atoms with Gasteiger partial charge in [-0.15, -0.1) is 10.0 Å². The molecule has 2 aliphatic heterocycles. The minimum Gasteiger partial charge on any atom is -0.130 e. The molecule has 0 aromatic heterocycles. The average molecular weight is 348 g/mol. The molecule has 0 saturated heterocycles. The first kappa shape index (κ1) is 14.5. The van der Waals surface area contributed by atoms with Gasteiger partial charge in [0.05, 0.1) is 0 Å². The van der Waals surface area contributed by atoms with Crippen LogP contribution >= 0.6 is 10.0 Å². The molecule has 2 aliphatic rings. The van der Waals surface area contributed by atoms with E-state index in [0.29, 0.717) is 0 Å². The van der Waals surface area contributed by atoms with Gasteiger partial charge in [0.15, 0.2) is 0 Å². The van der Waals surface area contributed by atoms with Gasteiger partial charge >= 0.3 is 0 Å². The third-order valence-electron chi connectivity index (χ3n) is 5.70. The molecule has 1 spiro atoms. The second-order valence-corrected chi connectivity index (χ2v) is 10.1. The van der Waals surface area contributed by atoms with Crippen molar-refractivity contribution in [2.45, 2.75) is 19.6 Å². The van der Waals surface area contributed by atoms with E-state index < -0.39 is 10.0 Å². The Labute approximate surface area is 156 Å². The second-order valence-electron chi connectivity index (χ2n) is 7.10. The summed E-state index contributed by atoms with van der Waals surface area (Å²) in [7, 11) is 0.826. The van der Waals surface area contributed by atoms with Gasteiger partial charge in [-0.2, -0.15) is 0 Å². The molecular weight excluding hydrogens is 331 g/mol. The smallest absolute Gasteiger partial charge is 0.130 e. The summed E-state index contributed by atoms with van der Waals surface area (Å²) in [4.78, 5) is 6.00. The van der Waals surface area contributed by atoms with E-state index in [1.54, 1.807) is 0 Å². The zero-order valence-corrected chi connectivity index (χ0v) is 15.4. The highest BCUT2D eigenvalue weighted by Crippen LogP contribution is 2.84. The Morgan fingerprint density at radius 3 is 1.38 bits per heavy atom. The van der Waals surface area contributed by atoms with E-state index in [9.17, 15) is 0 Å². The van der Waals surface area contributed by atoms with E-state index in [1.165, 1.54) is 47.3 Å². The lowest BCUT2D eigenvalue weighted by atomic mass is 9.94. The van der Waals surface area contributed by atoms with E-state index in [1.807, 2.05) is 0 Å². The zero-order valence-electron chi connectivity index (χ0n) is 14.6. The van der Waals surface area contributed by atoms with Crippen molar-refractivity contribution in [2.24, 2.45) is 0 Å². The Morgan fingerprint density at radius 1 is 0.462 bits per heavy atom. The van der Waals surface area contributed by atoms with Crippen LogP contribution in [0.2, 0.25) is 0 Å². The Balaban J connectivity index is 1.88. The number of hydrogen-bond acceptors (Lipinski definition) is 0. The van der Waals surface area contributed by atoms with Crippen LogP contribution in [0.5, 0.6) is 0 Å². The van der Waals surface area contributed by atoms with Crippen molar-refractivity contribution in [3.8, 4) is 22.3 Å². The highest BCUT2D eigenvalue weighted by Gasteiger charge is 2.47. The number of rotatable bonds is 0. The van der Waals surface area contributed by atoms with Gasteiger partial charge in [-0.25, -0.2) is 0 Å². The molecular formula is C24H17BS. The molecule has 2 heterocycles. The number of fused-ring (bicyclic) bond motifs is 10. The number of benzene rings is 4. The molecule has 0 amide bonds. The molecule has 0 radical (unpaired) electrons. The van der Waals surface area contributed by atoms with Crippen molar-refractivity contribution in [2.75, 3.05) is 0 Å². The van der Waals surface area contributed by atoms with Crippen LogP contribution < -0.4 is 5.46 Å². The maximum absolute atomic E-state index is 2.43. The van der Waals surface area contributed by atoms with Crippen LogP contribution in [-0.4, -0.2) is 7.85 Å². The van der Waals surface area contributed by atoms with Gasteiger partial charge in [-0.3, -0.25) is 0 Å². The molecule has 4 aromatic carbocycles. The maximum Gasteiger partial charge on any atom is 0.139 e. The Kier molecular flexibility index (Phi) is 2.74. The van der Waals surface area contributed by atoms with Crippen LogP contribution in [0.15, 0.2) is 111 Å². The minimum absolute atomic E-state index is 1.34. The molecule has 26 heavy (non-hydrogen) atoms. The highest BCUT2D eigenvalue weighted by atomic mass is 32.3. The van der Waals surface area contributed by atoms with Crippen LogP contribution in [0.1, 0.15) is 0 Å². The molecule has 0 atom stereocenters. The van der Waals surface area contributed by atoms with Gasteiger partial charge < -0.3 is 0 Å². The Morgan fingerprint density at radius 2 is 0.885 bits per heavy atom. The fourth-order valence-corrected chi connectivity index (χ4v) is 9.35. The first-order valence-electron chi connectivity index (χ1n) is 9.04. The fourth-order valence-electron chi connectivity index (χ4n) is 4.68. The molecule has 4 aromatic rings. The van der Waals surface area contributed by atoms with Gasteiger partial charge in [-0.1, -0.05) is 78.3 Å². The monoisotopic (exact) mass is 348 g/mol. The van der Waals surface area contributed by atoms with E-state index in [2.05, 4.69) is 98.8 Å². The molecule has 0 fully saturated rings. The lowest BCUT2D eigenvalue weighted by molar-refractivity contribution is 1.37. The highest BCUT2D eigenvalue weighted by molar-refractivity contribution is 8.34. The molecule has 122 valence electrons. The number of hydrogen-bond donors (Lipinski definition) is 0. The first-order chi connectivity index (χ1) is 12.8. The summed E-state index contributed by atoms with van der Waals surface area (Å²) >= 11 is 0. The predicted octanol–water partition coefficient (Wildman–Crippen LogP) is 5.25. The zero-order chi connectivity index (χ0) is 17.3. The average Bonchev–Trinajstić information content (AvgIpc) is 3.15. The standard InChI is InChI=1S/C24H17BS/c25-16-13-14-20-19-9-3-6-12-23(19)26(24(20)15-16)21-10-4-1-7-17(21)18-8-2-5-11-22(18)26/h1-15H,25H2. The summed E-state index contributed by atoms with van der Waals surface area (Å²) in [5, 5.41) is 0. The van der Waals surface area contributed by atoms with E-state index in [0.717, 1.165) is 0 Å². The van der Waals surface area contributed by atoms with Crippen LogP contribution in [0.4, 0.5) is 0 Å². The van der Waals surface area contributed by atoms with Crippen molar-refractivity contribution < 1.29 is 0 Å². The normalized spacial score (nSPS) is 15.8. The lowest BCUT2D eigenvalue weighted by Crippen LogP contribution is -2.05. The quantitative estimate of drug-likeness (QED) is 0.329. The fraction of sp³-hybridized carbons (Fsp3) is 0. The summed E-state index contributed by atoms with van der Waals surface area (Å²) < 4.78 is 0. The predicted molar refractivity (Wildman–Crippen MR) is 113 cm³/mol. The summed E-state index contributed by atoms with van der Waals surface area (Å²) in [5.41, 5.74) is 6.96. The molecule has 0 N–H and O–H groups in total. The maximum atomic E-state index is 2.43. The summed E-state index contributed by atoms with van der Waals surface area (Å²) in [5.74, 6) is 0. The van der Waals surface area contributed by atoms with Crippen molar-refractivity contribution >= 4 is 23.3 Å². The van der Waals surface area contributed by atoms with Crippen LogP contribution in [0, 0.1) is 0 Å². The molecule has 0 saturated carbocycles. The van der Waals surface area contributed by atoms with E-state index in [-0.39, 0.29) is 0 Å². The Bertz CT molecular complexity index is 1140. The lowest BCUT2D eigenvalue weighted by Gasteiger charge is -2.36. The van der Waals surface area contributed by atoms with Gasteiger partial charge in [0, 0.05) is 19.6 Å². The van der Waals surface area contributed by atoms with Gasteiger partial charge in [0.1, 0.15) is 7.85 Å². The molecule has 0 nitrogen and oxygen atoms in total. The van der Waals surface area contributed by atoms with Gasteiger partial charge in [0.25, 0.3) is 0 Å². The first-order valence-corrected chi connectivity index (χ1v) is 10.7. The van der Waals surface area contributed by atoms with Crippen LogP contribution in [-0.2, 0) is 0 Å². The Hall–Kier alpha value is -2.71. The topological polar surface area (TPSA) is 0 Å². The van der Waals surface area contributed by atoms with Crippen LogP contribution in [0.3, 0.4) is 0 Å². The third kappa shape index (κ3) is 1.55. The third-order valence-corrected chi connectivity index (χ3v) is 9.74. The van der Waals surface area contributed by atoms with Gasteiger partial charge in [-0.05, 0) is 40.5 Å². The van der Waals surface area contributed by atoms with E-state index in [4.69, 9.17) is 0 Å². The molecule has 0 bridgehead atoms. The van der Waals surface area contributed by atoms with Gasteiger partial charge in [0.2, 0.25) is 0 Å². The summed E-state index contributed by atoms with van der Waals surface area (Å²) in [6.07, 6.45) is 0. The van der Waals surface area contributed by atoms with Crippen molar-refractivity contribution in [1.82, 2.24) is 0 Å². The summed E-state index contributed by atoms with van der Waals surface area (Å²) in [6, 6.07) is 34.1.